The molecule has 0 saturated heterocycles. The highest BCUT2D eigenvalue weighted by Gasteiger charge is 2.30. The Labute approximate surface area is 147 Å². The van der Waals surface area contributed by atoms with E-state index in [-0.39, 0.29) is 5.41 Å². The van der Waals surface area contributed by atoms with Crippen LogP contribution in [0.25, 0.3) is 0 Å². The summed E-state index contributed by atoms with van der Waals surface area (Å²) in [6.45, 7) is 10.6. The van der Waals surface area contributed by atoms with E-state index >= 15 is 0 Å². The van der Waals surface area contributed by atoms with Crippen LogP contribution in [-0.2, 0) is 5.41 Å². The van der Waals surface area contributed by atoms with E-state index in [9.17, 15) is 0 Å². The third kappa shape index (κ3) is 3.59. The fourth-order valence-electron chi connectivity index (χ4n) is 3.05. The minimum atomic E-state index is -0.136. The van der Waals surface area contributed by atoms with E-state index in [1.165, 1.54) is 27.8 Å². The zero-order valence-electron chi connectivity index (χ0n) is 15.5. The predicted octanol–water partition coefficient (Wildman–Crippen LogP) is 6.68. The normalized spacial score (nSPS) is 10.7. The molecule has 0 aliphatic carbocycles. The van der Waals surface area contributed by atoms with E-state index in [4.69, 9.17) is 0 Å². The predicted molar refractivity (Wildman–Crippen MR) is 106 cm³/mol. The van der Waals surface area contributed by atoms with Crippen molar-refractivity contribution in [1.29, 1.82) is 0 Å². The lowest BCUT2D eigenvalue weighted by Gasteiger charge is -2.32. The summed E-state index contributed by atoms with van der Waals surface area (Å²) in [6.07, 6.45) is 0. The first kappa shape index (κ1) is 18.0. The van der Waals surface area contributed by atoms with Crippen LogP contribution < -0.4 is 0 Å². The molecule has 0 aliphatic heterocycles. The molecule has 3 aromatic rings. The summed E-state index contributed by atoms with van der Waals surface area (Å²) in [5, 5.41) is 0. The maximum absolute atomic E-state index is 2.32. The third-order valence-corrected chi connectivity index (χ3v) is 4.61. The van der Waals surface area contributed by atoms with Gasteiger partial charge in [-0.15, -0.1) is 0 Å². The molecule has 0 N–H and O–H groups in total. The lowest BCUT2D eigenvalue weighted by atomic mass is 9.71. The zero-order valence-corrected chi connectivity index (χ0v) is 15.5. The van der Waals surface area contributed by atoms with Crippen LogP contribution in [0.15, 0.2) is 78.9 Å². The molecule has 3 aromatic carbocycles. The molecule has 0 bridgehead atoms. The quantitative estimate of drug-likeness (QED) is 0.472. The SMILES string of the molecule is CC.Cc1ccc(C(C)(c2ccccc2)c2ccc(C)cc2)cc1. The minimum Gasteiger partial charge on any atom is -0.0683 e. The van der Waals surface area contributed by atoms with E-state index < -0.39 is 0 Å². The Balaban J connectivity index is 0.00000100. The highest BCUT2D eigenvalue weighted by molar-refractivity contribution is 5.50. The summed E-state index contributed by atoms with van der Waals surface area (Å²) in [7, 11) is 0. The van der Waals surface area contributed by atoms with Crippen LogP contribution in [0.2, 0.25) is 0 Å². The van der Waals surface area contributed by atoms with Gasteiger partial charge in [-0.3, -0.25) is 0 Å². The first-order chi connectivity index (χ1) is 11.6. The van der Waals surface area contributed by atoms with Crippen molar-refractivity contribution in [2.45, 2.75) is 40.0 Å². The topological polar surface area (TPSA) is 0 Å². The minimum absolute atomic E-state index is 0.136. The molecule has 0 amide bonds. The highest BCUT2D eigenvalue weighted by Crippen LogP contribution is 2.38. The van der Waals surface area contributed by atoms with Gasteiger partial charge in [-0.1, -0.05) is 104 Å². The van der Waals surface area contributed by atoms with Gasteiger partial charge < -0.3 is 0 Å². The average Bonchev–Trinajstić information content (AvgIpc) is 2.65. The summed E-state index contributed by atoms with van der Waals surface area (Å²) in [6, 6.07) is 28.6. The van der Waals surface area contributed by atoms with Crippen molar-refractivity contribution in [1.82, 2.24) is 0 Å². The molecule has 0 fully saturated rings. The molecule has 0 atom stereocenters. The molecule has 0 aromatic heterocycles. The number of aryl methyl sites for hydroxylation is 2. The number of hydrogen-bond donors (Lipinski definition) is 0. The van der Waals surface area contributed by atoms with E-state index in [0.717, 1.165) is 0 Å². The van der Waals surface area contributed by atoms with Crippen molar-refractivity contribution in [3.05, 3.63) is 107 Å². The van der Waals surface area contributed by atoms with Gasteiger partial charge >= 0.3 is 0 Å². The summed E-state index contributed by atoms with van der Waals surface area (Å²) in [5.74, 6) is 0. The van der Waals surface area contributed by atoms with Gasteiger partial charge in [-0.25, -0.2) is 0 Å². The Morgan fingerprint density at radius 1 is 0.500 bits per heavy atom. The molecule has 0 aliphatic rings. The van der Waals surface area contributed by atoms with E-state index in [1.54, 1.807) is 0 Å². The van der Waals surface area contributed by atoms with Crippen molar-refractivity contribution in [2.24, 2.45) is 0 Å². The van der Waals surface area contributed by atoms with Gasteiger partial charge in [-0.05, 0) is 37.5 Å². The average molecular weight is 316 g/mol. The Kier molecular flexibility index (Phi) is 5.98. The number of hydrogen-bond acceptors (Lipinski definition) is 0. The molecule has 0 heteroatoms. The van der Waals surface area contributed by atoms with Crippen LogP contribution in [-0.4, -0.2) is 0 Å². The van der Waals surface area contributed by atoms with Gasteiger partial charge in [0.05, 0.1) is 0 Å². The molecular formula is C24H28. The molecule has 0 spiro atoms. The van der Waals surface area contributed by atoms with Gasteiger partial charge in [0.1, 0.15) is 0 Å². The summed E-state index contributed by atoms with van der Waals surface area (Å²) < 4.78 is 0. The van der Waals surface area contributed by atoms with Crippen LogP contribution in [0.1, 0.15) is 48.6 Å². The molecule has 0 unspecified atom stereocenters. The highest BCUT2D eigenvalue weighted by atomic mass is 14.3. The van der Waals surface area contributed by atoms with Crippen LogP contribution in [0.3, 0.4) is 0 Å². The second-order valence-corrected chi connectivity index (χ2v) is 6.22. The summed E-state index contributed by atoms with van der Waals surface area (Å²) in [4.78, 5) is 0. The van der Waals surface area contributed by atoms with Gasteiger partial charge in [-0.2, -0.15) is 0 Å². The summed E-state index contributed by atoms with van der Waals surface area (Å²) >= 11 is 0. The van der Waals surface area contributed by atoms with Crippen molar-refractivity contribution < 1.29 is 0 Å². The molecule has 124 valence electrons. The molecule has 0 radical (unpaired) electrons. The Morgan fingerprint density at radius 3 is 1.21 bits per heavy atom. The second-order valence-electron chi connectivity index (χ2n) is 6.22. The van der Waals surface area contributed by atoms with Crippen molar-refractivity contribution >= 4 is 0 Å². The number of rotatable bonds is 3. The van der Waals surface area contributed by atoms with E-state index in [0.29, 0.717) is 0 Å². The Bertz CT molecular complexity index is 689. The Hall–Kier alpha value is -2.34. The monoisotopic (exact) mass is 316 g/mol. The van der Waals surface area contributed by atoms with E-state index in [2.05, 4.69) is 99.6 Å². The molecule has 0 heterocycles. The molecule has 0 saturated carbocycles. The van der Waals surface area contributed by atoms with Gasteiger partial charge in [0.25, 0.3) is 0 Å². The lowest BCUT2D eigenvalue weighted by molar-refractivity contribution is 0.692. The molecule has 0 nitrogen and oxygen atoms in total. The Morgan fingerprint density at radius 2 is 0.833 bits per heavy atom. The second kappa shape index (κ2) is 7.97. The van der Waals surface area contributed by atoms with Gasteiger partial charge in [0, 0.05) is 5.41 Å². The maximum atomic E-state index is 2.32. The summed E-state index contributed by atoms with van der Waals surface area (Å²) in [5.41, 5.74) is 6.43. The van der Waals surface area contributed by atoms with Crippen LogP contribution >= 0.6 is 0 Å². The largest absolute Gasteiger partial charge is 0.0683 e. The fraction of sp³-hybridized carbons (Fsp3) is 0.250. The number of benzene rings is 3. The zero-order chi connectivity index (χ0) is 17.6. The van der Waals surface area contributed by atoms with Crippen molar-refractivity contribution in [2.75, 3.05) is 0 Å². The lowest BCUT2D eigenvalue weighted by Crippen LogP contribution is -2.25. The first-order valence-corrected chi connectivity index (χ1v) is 8.80. The van der Waals surface area contributed by atoms with Crippen molar-refractivity contribution in [3.8, 4) is 0 Å². The molecule has 3 rings (SSSR count). The molecule has 24 heavy (non-hydrogen) atoms. The van der Waals surface area contributed by atoms with Crippen LogP contribution in [0.4, 0.5) is 0 Å². The van der Waals surface area contributed by atoms with Crippen molar-refractivity contribution in [3.63, 3.8) is 0 Å². The van der Waals surface area contributed by atoms with E-state index in [1.807, 2.05) is 13.8 Å². The smallest absolute Gasteiger partial charge is 0.0423 e. The standard InChI is InChI=1S/C22H22.C2H6/c1-17-9-13-20(14-10-17)22(3,19-7-5-4-6-8-19)21-15-11-18(2)12-16-21;1-2/h4-16H,1-3H3;1-2H3. The maximum Gasteiger partial charge on any atom is 0.0423 e. The third-order valence-electron chi connectivity index (χ3n) is 4.61. The molecular weight excluding hydrogens is 288 g/mol. The van der Waals surface area contributed by atoms with Crippen LogP contribution in [0, 0.1) is 13.8 Å². The van der Waals surface area contributed by atoms with Gasteiger partial charge in [0.15, 0.2) is 0 Å². The fourth-order valence-corrected chi connectivity index (χ4v) is 3.05. The first-order valence-electron chi connectivity index (χ1n) is 8.80. The van der Waals surface area contributed by atoms with Crippen LogP contribution in [0.5, 0.6) is 0 Å². The van der Waals surface area contributed by atoms with Gasteiger partial charge in [0.2, 0.25) is 0 Å².